The highest BCUT2D eigenvalue weighted by molar-refractivity contribution is 5.68. The van der Waals surface area contributed by atoms with Gasteiger partial charge in [0.25, 0.3) is 0 Å². The lowest BCUT2D eigenvalue weighted by atomic mass is 9.80. The van der Waals surface area contributed by atoms with Gasteiger partial charge in [0.1, 0.15) is 12.4 Å². The van der Waals surface area contributed by atoms with Crippen molar-refractivity contribution >= 4 is 12.2 Å². The highest BCUT2D eigenvalue weighted by Crippen LogP contribution is 2.49. The van der Waals surface area contributed by atoms with Crippen molar-refractivity contribution in [3.63, 3.8) is 0 Å². The summed E-state index contributed by atoms with van der Waals surface area (Å²) in [5.41, 5.74) is 10.2. The van der Waals surface area contributed by atoms with Crippen LogP contribution in [-0.4, -0.2) is 33.3 Å². The molecular weight excluding hydrogens is 551 g/mol. The summed E-state index contributed by atoms with van der Waals surface area (Å²) < 4.78 is 28.1. The van der Waals surface area contributed by atoms with Gasteiger partial charge in [-0.1, -0.05) is 43.0 Å². The first-order chi connectivity index (χ1) is 21.6. The SMILES string of the molecule is C=Cc1[nH]c2c(c1/C=C\C)CC1c3cc(OCc4ccc(-n5cccn5)cc4)c(OC)cc3CCN1C2c1ccc(F)cc1. The molecule has 3 aromatic carbocycles. The molecule has 0 saturated carbocycles. The summed E-state index contributed by atoms with van der Waals surface area (Å²) in [5, 5.41) is 4.31. The number of methoxy groups -OCH3 is 1. The summed E-state index contributed by atoms with van der Waals surface area (Å²) in [7, 11) is 1.69. The molecule has 2 atom stereocenters. The van der Waals surface area contributed by atoms with E-state index in [1.807, 2.05) is 54.2 Å². The maximum absolute atomic E-state index is 14.0. The molecule has 44 heavy (non-hydrogen) atoms. The zero-order valence-corrected chi connectivity index (χ0v) is 25.0. The number of fused-ring (bicyclic) bond motifs is 4. The summed E-state index contributed by atoms with van der Waals surface area (Å²) in [6.45, 7) is 7.40. The molecule has 7 rings (SSSR count). The Hall–Kier alpha value is -4.88. The average molecular weight is 587 g/mol. The van der Waals surface area contributed by atoms with Crippen LogP contribution < -0.4 is 9.47 Å². The van der Waals surface area contributed by atoms with Gasteiger partial charge in [0.2, 0.25) is 0 Å². The van der Waals surface area contributed by atoms with Gasteiger partial charge in [0.05, 0.1) is 18.8 Å². The smallest absolute Gasteiger partial charge is 0.162 e. The first-order valence-electron chi connectivity index (χ1n) is 15.0. The second kappa shape index (κ2) is 11.7. The van der Waals surface area contributed by atoms with Gasteiger partial charge in [-0.15, -0.1) is 0 Å². The summed E-state index contributed by atoms with van der Waals surface area (Å²) in [6.07, 6.45) is 11.5. The van der Waals surface area contributed by atoms with Crippen LogP contribution in [0.1, 0.15) is 63.8 Å². The Labute approximate surface area is 257 Å². The quantitative estimate of drug-likeness (QED) is 0.201. The number of rotatable bonds is 8. The monoisotopic (exact) mass is 586 g/mol. The van der Waals surface area contributed by atoms with Crippen LogP contribution in [-0.2, 0) is 19.4 Å². The number of hydrogen-bond donors (Lipinski definition) is 1. The van der Waals surface area contributed by atoms with Crippen molar-refractivity contribution in [1.82, 2.24) is 19.7 Å². The Morgan fingerprint density at radius 3 is 2.61 bits per heavy atom. The summed E-state index contributed by atoms with van der Waals surface area (Å²) >= 11 is 0. The van der Waals surface area contributed by atoms with Gasteiger partial charge in [0.15, 0.2) is 11.5 Å². The predicted molar refractivity (Wildman–Crippen MR) is 172 cm³/mol. The normalized spacial score (nSPS) is 17.6. The predicted octanol–water partition coefficient (Wildman–Crippen LogP) is 7.85. The van der Waals surface area contributed by atoms with Crippen LogP contribution >= 0.6 is 0 Å². The number of halogens is 1. The highest BCUT2D eigenvalue weighted by atomic mass is 19.1. The zero-order chi connectivity index (χ0) is 30.2. The van der Waals surface area contributed by atoms with Crippen LogP contribution in [0.25, 0.3) is 17.8 Å². The molecule has 0 saturated heterocycles. The van der Waals surface area contributed by atoms with Gasteiger partial charge < -0.3 is 14.5 Å². The Kier molecular flexibility index (Phi) is 7.40. The lowest BCUT2D eigenvalue weighted by Crippen LogP contribution is -2.43. The zero-order valence-electron chi connectivity index (χ0n) is 25.0. The molecule has 6 nitrogen and oxygen atoms in total. The molecule has 4 heterocycles. The van der Waals surface area contributed by atoms with E-state index in [4.69, 9.17) is 9.47 Å². The van der Waals surface area contributed by atoms with E-state index in [1.165, 1.54) is 22.3 Å². The first kappa shape index (κ1) is 27.9. The summed E-state index contributed by atoms with van der Waals surface area (Å²) in [6, 6.07) is 21.4. The minimum atomic E-state index is -0.233. The number of allylic oxidation sites excluding steroid dienone is 1. The van der Waals surface area contributed by atoms with Crippen LogP contribution in [0.4, 0.5) is 4.39 Å². The van der Waals surface area contributed by atoms with E-state index in [0.29, 0.717) is 6.61 Å². The van der Waals surface area contributed by atoms with Crippen molar-refractivity contribution in [3.8, 4) is 17.2 Å². The molecule has 0 spiro atoms. The molecule has 2 aromatic heterocycles. The molecule has 0 amide bonds. The van der Waals surface area contributed by atoms with Crippen molar-refractivity contribution in [2.75, 3.05) is 13.7 Å². The minimum absolute atomic E-state index is 0.0463. The number of nitrogens with one attached hydrogen (secondary N) is 1. The third-order valence-corrected chi connectivity index (χ3v) is 8.86. The highest BCUT2D eigenvalue weighted by Gasteiger charge is 2.41. The standard InChI is InChI=1S/C37H35FN4O2/c1-4-7-29-31-21-33-30-22-35(44-23-24-8-14-28(15-9-24)42-18-6-17-39-42)34(43-3)20-26(30)16-19-41(33)37(36(31)40-32(29)5-2)25-10-12-27(38)13-11-25/h4-15,17-18,20,22,33,37,40H,2,16,19,21,23H2,1,3H3/b7-4-. The van der Waals surface area contributed by atoms with Crippen molar-refractivity contribution in [2.24, 2.45) is 0 Å². The van der Waals surface area contributed by atoms with Crippen LogP contribution in [0, 0.1) is 5.82 Å². The van der Waals surface area contributed by atoms with E-state index < -0.39 is 0 Å². The third kappa shape index (κ3) is 4.93. The van der Waals surface area contributed by atoms with Gasteiger partial charge in [-0.25, -0.2) is 9.07 Å². The Balaban J connectivity index is 1.25. The van der Waals surface area contributed by atoms with Crippen LogP contribution in [0.5, 0.6) is 11.5 Å². The lowest BCUT2D eigenvalue weighted by Gasteiger charge is -2.46. The molecule has 2 aliphatic rings. The molecule has 2 unspecified atom stereocenters. The van der Waals surface area contributed by atoms with Gasteiger partial charge in [0, 0.05) is 41.9 Å². The number of aromatic amines is 1. The van der Waals surface area contributed by atoms with Crippen LogP contribution in [0.3, 0.4) is 0 Å². The number of nitrogens with zero attached hydrogens (tertiary/aromatic N) is 3. The van der Waals surface area contributed by atoms with Crippen LogP contribution in [0.15, 0.2) is 91.8 Å². The second-order valence-electron chi connectivity index (χ2n) is 11.3. The van der Waals surface area contributed by atoms with Crippen molar-refractivity contribution < 1.29 is 13.9 Å². The van der Waals surface area contributed by atoms with Crippen LogP contribution in [0.2, 0.25) is 0 Å². The fraction of sp³-hybridized carbons (Fsp3) is 0.216. The molecule has 0 bridgehead atoms. The molecule has 1 N–H and O–H groups in total. The van der Waals surface area contributed by atoms with Gasteiger partial charge in [-0.3, -0.25) is 4.90 Å². The maximum Gasteiger partial charge on any atom is 0.162 e. The lowest BCUT2D eigenvalue weighted by molar-refractivity contribution is 0.126. The number of benzene rings is 3. The first-order valence-corrected chi connectivity index (χ1v) is 15.0. The Bertz CT molecular complexity index is 1820. The molecule has 0 fully saturated rings. The molecule has 0 aliphatic carbocycles. The summed E-state index contributed by atoms with van der Waals surface area (Å²) in [5.74, 6) is 1.23. The molecule has 0 radical (unpaired) electrons. The van der Waals surface area contributed by atoms with Crippen molar-refractivity contribution in [1.29, 1.82) is 0 Å². The van der Waals surface area contributed by atoms with E-state index in [-0.39, 0.29) is 17.9 Å². The summed E-state index contributed by atoms with van der Waals surface area (Å²) in [4.78, 5) is 6.23. The molecule has 5 aromatic rings. The van der Waals surface area contributed by atoms with Gasteiger partial charge in [-0.05, 0) is 96.1 Å². The largest absolute Gasteiger partial charge is 0.493 e. The van der Waals surface area contributed by atoms with Crippen molar-refractivity contribution in [2.45, 2.75) is 38.5 Å². The molecule has 7 heteroatoms. The second-order valence-corrected chi connectivity index (χ2v) is 11.3. The average Bonchev–Trinajstić information content (AvgIpc) is 3.72. The van der Waals surface area contributed by atoms with E-state index in [0.717, 1.165) is 59.1 Å². The maximum atomic E-state index is 14.0. The number of hydrogen-bond acceptors (Lipinski definition) is 4. The van der Waals surface area contributed by atoms with E-state index >= 15 is 0 Å². The minimum Gasteiger partial charge on any atom is -0.493 e. The van der Waals surface area contributed by atoms with Gasteiger partial charge >= 0.3 is 0 Å². The Morgan fingerprint density at radius 2 is 1.91 bits per heavy atom. The molecule has 2 aliphatic heterocycles. The number of H-pyrrole nitrogens is 1. The Morgan fingerprint density at radius 1 is 1.09 bits per heavy atom. The van der Waals surface area contributed by atoms with E-state index in [1.54, 1.807) is 25.4 Å². The van der Waals surface area contributed by atoms with Gasteiger partial charge in [-0.2, -0.15) is 5.10 Å². The fourth-order valence-electron chi connectivity index (χ4n) is 6.79. The molecule has 222 valence electrons. The topological polar surface area (TPSA) is 55.3 Å². The molecular formula is C37H35FN4O2. The fourth-order valence-corrected chi connectivity index (χ4v) is 6.79. The number of ether oxygens (including phenoxy) is 2. The van der Waals surface area contributed by atoms with Crippen molar-refractivity contribution in [3.05, 3.63) is 142 Å². The third-order valence-electron chi connectivity index (χ3n) is 8.86. The van der Waals surface area contributed by atoms with E-state index in [9.17, 15) is 4.39 Å². The number of aromatic nitrogens is 3. The van der Waals surface area contributed by atoms with E-state index in [2.05, 4.69) is 58.0 Å².